The molecule has 0 aromatic heterocycles. The van der Waals surface area contributed by atoms with Crippen molar-refractivity contribution in [3.8, 4) is 0 Å². The molecule has 0 fully saturated rings. The zero-order chi connectivity index (χ0) is 14.2. The Bertz CT molecular complexity index is 398. The zero-order valence-corrected chi connectivity index (χ0v) is 12.4. The van der Waals surface area contributed by atoms with Crippen LogP contribution in [0.25, 0.3) is 0 Å². The molecule has 4 heteroatoms. The molecule has 1 aliphatic rings. The topological polar surface area (TPSA) is 47.7 Å². The Hall–Kier alpha value is -0.940. The third kappa shape index (κ3) is 4.28. The Balaban J connectivity index is 1.79. The number of benzene rings is 1. The van der Waals surface area contributed by atoms with Crippen LogP contribution in [0, 0.1) is 0 Å². The Kier molecular flexibility index (Phi) is 6.47. The van der Waals surface area contributed by atoms with Gasteiger partial charge in [-0.3, -0.25) is 4.90 Å². The van der Waals surface area contributed by atoms with E-state index in [0.717, 1.165) is 45.8 Å². The van der Waals surface area contributed by atoms with E-state index in [2.05, 4.69) is 29.2 Å². The van der Waals surface area contributed by atoms with E-state index in [1.54, 1.807) is 7.11 Å². The van der Waals surface area contributed by atoms with Gasteiger partial charge in [0, 0.05) is 46.0 Å². The minimum absolute atomic E-state index is 0.437. The van der Waals surface area contributed by atoms with Crippen molar-refractivity contribution >= 4 is 0 Å². The van der Waals surface area contributed by atoms with Gasteiger partial charge in [0.05, 0.1) is 6.61 Å². The summed E-state index contributed by atoms with van der Waals surface area (Å²) in [4.78, 5) is 2.44. The molecule has 0 spiro atoms. The highest BCUT2D eigenvalue weighted by Gasteiger charge is 2.24. The standard InChI is InChI=1S/C16H26N2O2/c1-19-8-4-9-20-10-7-18-13-15-6-3-2-5-14(15)11-16(18)12-17/h2-3,5-6,16H,4,7-13,17H2,1H3. The predicted molar refractivity (Wildman–Crippen MR) is 80.7 cm³/mol. The van der Waals surface area contributed by atoms with Crippen molar-refractivity contribution in [1.82, 2.24) is 4.90 Å². The van der Waals surface area contributed by atoms with Crippen molar-refractivity contribution in [2.45, 2.75) is 25.4 Å². The van der Waals surface area contributed by atoms with Gasteiger partial charge >= 0.3 is 0 Å². The molecule has 0 saturated carbocycles. The number of nitrogens with zero attached hydrogens (tertiary/aromatic N) is 1. The molecular weight excluding hydrogens is 252 g/mol. The maximum atomic E-state index is 5.92. The van der Waals surface area contributed by atoms with Gasteiger partial charge in [0.2, 0.25) is 0 Å². The molecule has 2 N–H and O–H groups in total. The van der Waals surface area contributed by atoms with Crippen LogP contribution in [0.5, 0.6) is 0 Å². The fourth-order valence-electron chi connectivity index (χ4n) is 2.72. The Morgan fingerprint density at radius 1 is 1.20 bits per heavy atom. The van der Waals surface area contributed by atoms with E-state index in [0.29, 0.717) is 12.6 Å². The Morgan fingerprint density at radius 3 is 2.75 bits per heavy atom. The van der Waals surface area contributed by atoms with Gasteiger partial charge in [0.1, 0.15) is 0 Å². The maximum Gasteiger partial charge on any atom is 0.0593 e. The van der Waals surface area contributed by atoms with Crippen molar-refractivity contribution in [2.24, 2.45) is 5.73 Å². The monoisotopic (exact) mass is 278 g/mol. The van der Waals surface area contributed by atoms with Crippen LogP contribution >= 0.6 is 0 Å². The lowest BCUT2D eigenvalue weighted by Gasteiger charge is -2.36. The first kappa shape index (κ1) is 15.4. The largest absolute Gasteiger partial charge is 0.385 e. The third-order valence-electron chi connectivity index (χ3n) is 3.90. The summed E-state index contributed by atoms with van der Waals surface area (Å²) >= 11 is 0. The van der Waals surface area contributed by atoms with Gasteiger partial charge < -0.3 is 15.2 Å². The van der Waals surface area contributed by atoms with Crippen LogP contribution in [0.15, 0.2) is 24.3 Å². The summed E-state index contributed by atoms with van der Waals surface area (Å²) in [7, 11) is 1.72. The van der Waals surface area contributed by atoms with Gasteiger partial charge in [-0.15, -0.1) is 0 Å². The smallest absolute Gasteiger partial charge is 0.0593 e. The summed E-state index contributed by atoms with van der Waals surface area (Å²) in [6, 6.07) is 9.10. The summed E-state index contributed by atoms with van der Waals surface area (Å²) in [5.74, 6) is 0. The molecule has 0 aliphatic carbocycles. The highest BCUT2D eigenvalue weighted by atomic mass is 16.5. The van der Waals surface area contributed by atoms with E-state index in [1.165, 1.54) is 11.1 Å². The summed E-state index contributed by atoms with van der Waals surface area (Å²) in [5.41, 5.74) is 8.79. The van der Waals surface area contributed by atoms with Crippen molar-refractivity contribution in [3.05, 3.63) is 35.4 Å². The van der Waals surface area contributed by atoms with E-state index < -0.39 is 0 Å². The SMILES string of the molecule is COCCCOCCN1Cc2ccccc2CC1CN. The van der Waals surface area contributed by atoms with E-state index >= 15 is 0 Å². The van der Waals surface area contributed by atoms with Crippen molar-refractivity contribution < 1.29 is 9.47 Å². The van der Waals surface area contributed by atoms with Crippen molar-refractivity contribution in [3.63, 3.8) is 0 Å². The number of methoxy groups -OCH3 is 1. The van der Waals surface area contributed by atoms with E-state index in [4.69, 9.17) is 15.2 Å². The van der Waals surface area contributed by atoms with E-state index in [-0.39, 0.29) is 0 Å². The first-order chi connectivity index (χ1) is 9.85. The molecule has 112 valence electrons. The quantitative estimate of drug-likeness (QED) is 0.731. The lowest BCUT2D eigenvalue weighted by Crippen LogP contribution is -2.46. The van der Waals surface area contributed by atoms with Crippen LogP contribution in [0.4, 0.5) is 0 Å². The van der Waals surface area contributed by atoms with Gasteiger partial charge in [-0.25, -0.2) is 0 Å². The summed E-state index contributed by atoms with van der Waals surface area (Å²) in [6.07, 6.45) is 2.01. The summed E-state index contributed by atoms with van der Waals surface area (Å²) in [5, 5.41) is 0. The average Bonchev–Trinajstić information content (AvgIpc) is 2.50. The van der Waals surface area contributed by atoms with Crippen molar-refractivity contribution in [1.29, 1.82) is 0 Å². The molecule has 1 aromatic carbocycles. The van der Waals surface area contributed by atoms with E-state index in [9.17, 15) is 0 Å². The zero-order valence-electron chi connectivity index (χ0n) is 12.4. The van der Waals surface area contributed by atoms with Gasteiger partial charge in [-0.05, 0) is 24.0 Å². The molecule has 2 rings (SSSR count). The van der Waals surface area contributed by atoms with E-state index in [1.807, 2.05) is 0 Å². The van der Waals surface area contributed by atoms with Gasteiger partial charge in [-0.2, -0.15) is 0 Å². The van der Waals surface area contributed by atoms with Gasteiger partial charge in [0.25, 0.3) is 0 Å². The number of fused-ring (bicyclic) bond motifs is 1. The maximum absolute atomic E-state index is 5.92. The van der Waals surface area contributed by atoms with Gasteiger partial charge in [-0.1, -0.05) is 24.3 Å². The molecular formula is C16H26N2O2. The number of ether oxygens (including phenoxy) is 2. The van der Waals surface area contributed by atoms with Crippen LogP contribution < -0.4 is 5.73 Å². The Morgan fingerprint density at radius 2 is 2.00 bits per heavy atom. The minimum Gasteiger partial charge on any atom is -0.385 e. The second kappa shape index (κ2) is 8.37. The molecule has 20 heavy (non-hydrogen) atoms. The second-order valence-corrected chi connectivity index (χ2v) is 5.29. The molecule has 0 amide bonds. The first-order valence-corrected chi connectivity index (χ1v) is 7.42. The number of rotatable bonds is 8. The predicted octanol–water partition coefficient (Wildman–Crippen LogP) is 1.43. The fourth-order valence-corrected chi connectivity index (χ4v) is 2.72. The van der Waals surface area contributed by atoms with Crippen molar-refractivity contribution in [2.75, 3.05) is 40.0 Å². The van der Waals surface area contributed by atoms with Gasteiger partial charge in [0.15, 0.2) is 0 Å². The average molecular weight is 278 g/mol. The Labute approximate surface area is 121 Å². The highest BCUT2D eigenvalue weighted by Crippen LogP contribution is 2.22. The fraction of sp³-hybridized carbons (Fsp3) is 0.625. The molecule has 1 heterocycles. The summed E-state index contributed by atoms with van der Waals surface area (Å²) in [6.45, 7) is 4.94. The van der Waals surface area contributed by atoms with Crippen LogP contribution in [0.2, 0.25) is 0 Å². The van der Waals surface area contributed by atoms with Crippen LogP contribution in [0.1, 0.15) is 17.5 Å². The number of nitrogens with two attached hydrogens (primary N) is 1. The van der Waals surface area contributed by atoms with Crippen LogP contribution in [-0.2, 0) is 22.4 Å². The molecule has 0 saturated heterocycles. The first-order valence-electron chi connectivity index (χ1n) is 7.42. The number of hydrogen-bond donors (Lipinski definition) is 1. The molecule has 1 aromatic rings. The molecule has 1 atom stereocenters. The molecule has 1 unspecified atom stereocenters. The number of hydrogen-bond acceptors (Lipinski definition) is 4. The highest BCUT2D eigenvalue weighted by molar-refractivity contribution is 5.30. The van der Waals surface area contributed by atoms with Crippen LogP contribution in [-0.4, -0.2) is 51.0 Å². The molecule has 1 aliphatic heterocycles. The minimum atomic E-state index is 0.437. The lowest BCUT2D eigenvalue weighted by atomic mass is 9.94. The second-order valence-electron chi connectivity index (χ2n) is 5.29. The molecule has 0 bridgehead atoms. The third-order valence-corrected chi connectivity index (χ3v) is 3.90. The lowest BCUT2D eigenvalue weighted by molar-refractivity contribution is 0.0671. The summed E-state index contributed by atoms with van der Waals surface area (Å²) < 4.78 is 10.7. The molecule has 0 radical (unpaired) electrons. The normalized spacial score (nSPS) is 19.0. The molecule has 4 nitrogen and oxygen atoms in total. The van der Waals surface area contributed by atoms with Crippen LogP contribution in [0.3, 0.4) is 0 Å².